The Morgan fingerprint density at radius 3 is 2.17 bits per heavy atom. The predicted molar refractivity (Wildman–Crippen MR) is 63.4 cm³/mol. The Morgan fingerprint density at radius 2 is 1.72 bits per heavy atom. The van der Waals surface area contributed by atoms with Crippen molar-refractivity contribution in [1.29, 1.82) is 0 Å². The zero-order valence-electron chi connectivity index (χ0n) is 10.6. The second kappa shape index (κ2) is 7.78. The number of hydrogen-bond donors (Lipinski definition) is 3. The summed E-state index contributed by atoms with van der Waals surface area (Å²) >= 11 is 0. The average molecular weight is 260 g/mol. The minimum Gasteiger partial charge on any atom is -0.480 e. The molecule has 0 spiro atoms. The normalized spacial score (nSPS) is 14.1. The largest absolute Gasteiger partial charge is 0.480 e. The van der Waals surface area contributed by atoms with Crippen molar-refractivity contribution in [3.63, 3.8) is 0 Å². The zero-order chi connectivity index (χ0) is 14.3. The van der Waals surface area contributed by atoms with Crippen molar-refractivity contribution >= 4 is 17.9 Å². The van der Waals surface area contributed by atoms with Gasteiger partial charge in [0.15, 0.2) is 0 Å². The van der Waals surface area contributed by atoms with Crippen LogP contribution in [0.25, 0.3) is 0 Å². The van der Waals surface area contributed by atoms with Gasteiger partial charge in [-0.05, 0) is 18.8 Å². The number of carboxylic acid groups (broad SMARTS) is 1. The minimum atomic E-state index is -1.20. The maximum Gasteiger partial charge on any atom is 0.330 e. The molecule has 1 unspecified atom stereocenters. The lowest BCUT2D eigenvalue weighted by Gasteiger charge is -2.12. The van der Waals surface area contributed by atoms with Crippen LogP contribution in [0.15, 0.2) is 0 Å². The van der Waals surface area contributed by atoms with Crippen LogP contribution in [0.1, 0.15) is 33.1 Å². The summed E-state index contributed by atoms with van der Waals surface area (Å²) in [6.45, 7) is 3.78. The molecular weight excluding hydrogens is 240 g/mol. The molecule has 18 heavy (non-hydrogen) atoms. The first kappa shape index (κ1) is 16.5. The number of rotatable bonds is 7. The second-order valence-electron chi connectivity index (χ2n) is 4.51. The minimum absolute atomic E-state index is 0.0825. The van der Waals surface area contributed by atoms with Gasteiger partial charge in [-0.2, -0.15) is 0 Å². The molecule has 104 valence electrons. The van der Waals surface area contributed by atoms with Crippen molar-refractivity contribution in [3.05, 3.63) is 0 Å². The van der Waals surface area contributed by atoms with Gasteiger partial charge in [0.1, 0.15) is 12.1 Å². The summed E-state index contributed by atoms with van der Waals surface area (Å²) in [6.07, 6.45) is 0.106. The molecular formula is C11H20N2O5. The molecule has 0 aliphatic heterocycles. The van der Waals surface area contributed by atoms with Gasteiger partial charge in [-0.25, -0.2) is 4.79 Å². The van der Waals surface area contributed by atoms with Gasteiger partial charge in [0.2, 0.25) is 0 Å². The van der Waals surface area contributed by atoms with Crippen molar-refractivity contribution in [2.45, 2.75) is 45.2 Å². The van der Waals surface area contributed by atoms with Crippen LogP contribution in [0.2, 0.25) is 0 Å². The highest BCUT2D eigenvalue weighted by Crippen LogP contribution is 2.05. The van der Waals surface area contributed by atoms with Crippen molar-refractivity contribution in [2.75, 3.05) is 0 Å². The van der Waals surface area contributed by atoms with Crippen LogP contribution in [-0.2, 0) is 19.1 Å². The Balaban J connectivity index is 4.01. The molecule has 0 aliphatic rings. The summed E-state index contributed by atoms with van der Waals surface area (Å²) in [7, 11) is 0. The number of carbonyl (C=O) groups is 3. The van der Waals surface area contributed by atoms with Gasteiger partial charge in [0.25, 0.3) is 0 Å². The first-order valence-corrected chi connectivity index (χ1v) is 5.72. The Labute approximate surface area is 105 Å². The molecule has 0 rings (SSSR count). The van der Waals surface area contributed by atoms with E-state index in [1.165, 1.54) is 0 Å². The van der Waals surface area contributed by atoms with E-state index in [1.807, 2.05) is 13.8 Å². The summed E-state index contributed by atoms with van der Waals surface area (Å²) < 4.78 is 4.49. The molecule has 0 saturated carbocycles. The van der Waals surface area contributed by atoms with Crippen LogP contribution in [0.3, 0.4) is 0 Å². The first-order valence-electron chi connectivity index (χ1n) is 5.72. The maximum absolute atomic E-state index is 11.4. The summed E-state index contributed by atoms with van der Waals surface area (Å²) in [5, 5.41) is 8.50. The molecule has 0 aromatic heterocycles. The van der Waals surface area contributed by atoms with Crippen molar-refractivity contribution in [3.8, 4) is 0 Å². The van der Waals surface area contributed by atoms with Crippen LogP contribution in [0, 0.1) is 5.92 Å². The van der Waals surface area contributed by atoms with Crippen molar-refractivity contribution < 1.29 is 24.2 Å². The van der Waals surface area contributed by atoms with Crippen LogP contribution in [0.4, 0.5) is 0 Å². The zero-order valence-corrected chi connectivity index (χ0v) is 10.6. The number of ether oxygens (including phenoxy) is 1. The molecule has 0 fully saturated rings. The van der Waals surface area contributed by atoms with E-state index in [0.717, 1.165) is 0 Å². The fraction of sp³-hybridized carbons (Fsp3) is 0.727. The SMILES string of the molecule is CC(C)CC(N)C(=O)OC(=O)CC[C@H](N)C(=O)O. The highest BCUT2D eigenvalue weighted by atomic mass is 16.6. The molecule has 0 aromatic rings. The quantitative estimate of drug-likeness (QED) is 0.419. The van der Waals surface area contributed by atoms with Gasteiger partial charge in [0, 0.05) is 6.42 Å². The number of aliphatic carboxylic acids is 1. The van der Waals surface area contributed by atoms with Crippen LogP contribution in [0.5, 0.6) is 0 Å². The number of carbonyl (C=O) groups excluding carboxylic acids is 2. The maximum atomic E-state index is 11.4. The van der Waals surface area contributed by atoms with E-state index in [2.05, 4.69) is 4.74 Å². The van der Waals surface area contributed by atoms with Gasteiger partial charge >= 0.3 is 17.9 Å². The molecule has 7 nitrogen and oxygen atoms in total. The van der Waals surface area contributed by atoms with E-state index in [4.69, 9.17) is 16.6 Å². The smallest absolute Gasteiger partial charge is 0.330 e. The number of hydrogen-bond acceptors (Lipinski definition) is 6. The Bertz CT molecular complexity index is 317. The number of nitrogens with two attached hydrogens (primary N) is 2. The fourth-order valence-electron chi connectivity index (χ4n) is 1.24. The number of esters is 2. The van der Waals surface area contributed by atoms with Crippen molar-refractivity contribution in [2.24, 2.45) is 17.4 Å². The standard InChI is InChI=1S/C11H20N2O5/c1-6(2)5-8(13)11(17)18-9(14)4-3-7(12)10(15)16/h6-8H,3-5,12-13H2,1-2H3,(H,15,16)/t7-,8?/m0/s1. The lowest BCUT2D eigenvalue weighted by molar-refractivity contribution is -0.161. The van der Waals surface area contributed by atoms with Gasteiger partial charge < -0.3 is 21.3 Å². The number of carboxylic acids is 1. The van der Waals surface area contributed by atoms with Crippen LogP contribution >= 0.6 is 0 Å². The molecule has 7 heteroatoms. The van der Waals surface area contributed by atoms with Gasteiger partial charge in [0.05, 0.1) is 0 Å². The van der Waals surface area contributed by atoms with Gasteiger partial charge in [-0.1, -0.05) is 13.8 Å². The lowest BCUT2D eigenvalue weighted by atomic mass is 10.1. The van der Waals surface area contributed by atoms with E-state index >= 15 is 0 Å². The molecule has 5 N–H and O–H groups in total. The van der Waals surface area contributed by atoms with Gasteiger partial charge in [-0.3, -0.25) is 9.59 Å². The average Bonchev–Trinajstić information content (AvgIpc) is 2.24. The molecule has 0 heterocycles. The molecule has 0 aliphatic carbocycles. The summed E-state index contributed by atoms with van der Waals surface area (Å²) in [5.74, 6) is -2.60. The fourth-order valence-corrected chi connectivity index (χ4v) is 1.24. The Kier molecular flexibility index (Phi) is 7.14. The summed E-state index contributed by atoms with van der Waals surface area (Å²) in [5.41, 5.74) is 10.7. The van der Waals surface area contributed by atoms with Crippen LogP contribution in [-0.4, -0.2) is 35.1 Å². The van der Waals surface area contributed by atoms with E-state index in [9.17, 15) is 14.4 Å². The van der Waals surface area contributed by atoms with E-state index in [1.54, 1.807) is 0 Å². The lowest BCUT2D eigenvalue weighted by Crippen LogP contribution is -2.35. The second-order valence-corrected chi connectivity index (χ2v) is 4.51. The van der Waals surface area contributed by atoms with E-state index in [0.29, 0.717) is 6.42 Å². The summed E-state index contributed by atoms with van der Waals surface area (Å²) in [6, 6.07) is -1.99. The molecule has 0 amide bonds. The third kappa shape index (κ3) is 6.97. The van der Waals surface area contributed by atoms with Gasteiger partial charge in [-0.15, -0.1) is 0 Å². The molecule has 0 bridgehead atoms. The molecule has 2 atom stereocenters. The predicted octanol–water partition coefficient (Wildman–Crippen LogP) is -0.378. The van der Waals surface area contributed by atoms with Crippen LogP contribution < -0.4 is 11.5 Å². The Hall–Kier alpha value is -1.47. The molecule has 0 saturated heterocycles. The highest BCUT2D eigenvalue weighted by molar-refractivity contribution is 5.88. The van der Waals surface area contributed by atoms with E-state index < -0.39 is 30.0 Å². The molecule has 0 aromatic carbocycles. The third-order valence-corrected chi connectivity index (χ3v) is 2.22. The molecule has 0 radical (unpaired) electrons. The highest BCUT2D eigenvalue weighted by Gasteiger charge is 2.21. The topological polar surface area (TPSA) is 133 Å². The summed E-state index contributed by atoms with van der Waals surface area (Å²) in [4.78, 5) is 33.0. The monoisotopic (exact) mass is 260 g/mol. The van der Waals surface area contributed by atoms with Crippen molar-refractivity contribution in [1.82, 2.24) is 0 Å². The third-order valence-electron chi connectivity index (χ3n) is 2.22. The Morgan fingerprint density at radius 1 is 1.17 bits per heavy atom. The first-order chi connectivity index (χ1) is 8.23. The van der Waals surface area contributed by atoms with E-state index in [-0.39, 0.29) is 18.8 Å².